The molecule has 744 valence electrons. The first kappa shape index (κ1) is 105. The highest BCUT2D eigenvalue weighted by Gasteiger charge is 2.73. The Kier molecular flexibility index (Phi) is 28.5. The zero-order valence-electron chi connectivity index (χ0n) is 81.2. The maximum atomic E-state index is 13.2. The van der Waals surface area contributed by atoms with Crippen LogP contribution in [0.4, 0.5) is 0 Å². The summed E-state index contributed by atoms with van der Waals surface area (Å²) < 4.78 is 49.2. The number of aliphatic hydroxyl groups excluding tert-OH is 7. The summed E-state index contributed by atoms with van der Waals surface area (Å²) in [6, 6.07) is 21.3. The number of hydrogen-bond donors (Lipinski definition) is 7. The summed E-state index contributed by atoms with van der Waals surface area (Å²) in [5, 5.41) is 79.7. The van der Waals surface area contributed by atoms with Crippen molar-refractivity contribution in [1.29, 1.82) is 0 Å². The number of hydrogen-bond acceptors (Lipinski definition) is 23. The molecule has 23 heteroatoms. The maximum Gasteiger partial charge on any atom is 0.345 e. The predicted molar refractivity (Wildman–Crippen MR) is 529 cm³/mol. The lowest BCUT2D eigenvalue weighted by Gasteiger charge is -2.67. The van der Waals surface area contributed by atoms with Crippen LogP contribution in [0.2, 0.25) is 0 Å². The molecule has 0 radical (unpaired) electrons. The molecule has 12 aliphatic rings. The van der Waals surface area contributed by atoms with Gasteiger partial charge < -0.3 is 72.4 Å². The Morgan fingerprint density at radius 1 is 0.324 bits per heavy atom. The molecule has 12 heterocycles. The molecule has 136 heavy (non-hydrogen) atoms. The van der Waals surface area contributed by atoms with Gasteiger partial charge in [-0.15, -0.1) is 0 Å². The molecular formula is C113H158N4O19. The molecule has 32 atom stereocenters. The minimum Gasteiger partial charge on any atom is -0.486 e. The molecule has 8 aliphatic carbocycles. The number of aliphatic hydroxyl groups is 7. The van der Waals surface area contributed by atoms with Crippen LogP contribution in [0.3, 0.4) is 0 Å². The third-order valence-electron chi connectivity index (χ3n) is 39.9. The summed E-state index contributed by atoms with van der Waals surface area (Å²) in [6.07, 6.45) is 22.1. The molecule has 0 saturated heterocycles. The third-order valence-corrected chi connectivity index (χ3v) is 39.9. The SMILES string of the molecule is C.C.C.C.CC[C@]1(C)C2C[C@H](C)[C@@]3(C)Oc4cc(-c5cccnc5)oc(=O)c4[C@H](O)C3[C@@]2(C)CC[C@@H]1C.CC[C@]1(C)C2C[C@H](C)[C@@]3(C)Oc4cc(-c5cccnc5)oc(=O)c4[C@H](O)C3[C@@]2(C)CC[C@@H]1C.CC[C@]1(C)C2C[C@H](O)[C@@]3(C)Oc4cc(-c5cccnc5)oc(=O)c4[C@H](O)C3[C@@]2(C)CC[C@@H]1C.C[C@H]1CC2[C@](C)(CC[C@H](O)[C@]2(C)CO)C2[C@@H](O)c3c(cc(-c4cccnc4)oc3=O)O[C@@]21C. The standard InChI is InChI=1S/2C28H37NO4.C27H35NO5.C26H33NO6.4CH4/c2*1-7-26(4)16(2)10-11-27(5)21(26)13-17(3)28(6)24(27)23(30)22-20(33-28)14-19(32-25(22)31)18-9-8-12-29-15-18;1-6-25(3)15(2)9-10-26(4)19(25)13-20(29)27(5)23(26)22(30)21-18(33-27)12-17(32-24(21)31)16-8-7-11-28-14-16;1-14-10-18-24(2,8-7-19(29)25(18,3)13-28)22-21(30)20-17(33-26(14,22)4)11-16(32-23(20)31)15-6-5-9-27-12-15;;;;/h2*8-9,12,14-17,21,23-24,30H,7,10-11,13H2,1-6H3;7-8,11-12,14-15,19-20,22-23,29-30H,6,9-10,13H2,1-5H3;5-6,9,11-12,14,18-19,21-22,28-30H,7-8,10,13H2,1-4H3;4*1H4/t2*16-,17-,21?,23-,24?,26-,27-,28+;15-,19?,20-,22-,23?,25-,26-,27+;14-,18?,19-,21-,22?,24-,25+,26+;;;;/m0000..../s1. The van der Waals surface area contributed by atoms with Crippen LogP contribution in [0.1, 0.15) is 318 Å². The zero-order valence-corrected chi connectivity index (χ0v) is 81.2. The quantitative estimate of drug-likeness (QED) is 0.0743. The van der Waals surface area contributed by atoms with E-state index in [9.17, 15) is 54.9 Å². The van der Waals surface area contributed by atoms with E-state index in [4.69, 9.17) is 36.6 Å². The van der Waals surface area contributed by atoms with Crippen molar-refractivity contribution in [3.05, 3.63) is 186 Å². The van der Waals surface area contributed by atoms with Crippen LogP contribution in [-0.4, -0.2) is 96.9 Å². The Bertz CT molecular complexity index is 5170. The first-order valence-corrected chi connectivity index (χ1v) is 49.0. The molecule has 0 bridgehead atoms. The topological polar surface area (TPSA) is 351 Å². The van der Waals surface area contributed by atoms with Crippen LogP contribution in [0.15, 0.2) is 159 Å². The number of ether oxygens (including phenoxy) is 4. The van der Waals surface area contributed by atoms with Crippen molar-refractivity contribution in [2.75, 3.05) is 6.61 Å². The van der Waals surface area contributed by atoms with E-state index in [1.807, 2.05) is 32.9 Å². The van der Waals surface area contributed by atoms with E-state index in [1.54, 1.807) is 110 Å². The van der Waals surface area contributed by atoms with Crippen LogP contribution in [-0.2, 0) is 0 Å². The van der Waals surface area contributed by atoms with Gasteiger partial charge >= 0.3 is 22.5 Å². The molecule has 8 unspecified atom stereocenters. The van der Waals surface area contributed by atoms with Gasteiger partial charge in [0.2, 0.25) is 0 Å². The largest absolute Gasteiger partial charge is 0.486 e. The van der Waals surface area contributed by atoms with Gasteiger partial charge in [0.1, 0.15) is 90.7 Å². The lowest BCUT2D eigenvalue weighted by molar-refractivity contribution is -0.253. The monoisotopic (exact) mass is 1880 g/mol. The van der Waals surface area contributed by atoms with E-state index in [-0.39, 0.29) is 132 Å². The molecule has 8 aromatic rings. The molecule has 8 fully saturated rings. The zero-order chi connectivity index (χ0) is 95.0. The summed E-state index contributed by atoms with van der Waals surface area (Å²) in [5.74, 6) is 5.34. The van der Waals surface area contributed by atoms with Crippen molar-refractivity contribution in [1.82, 2.24) is 19.9 Å². The Labute approximate surface area is 805 Å². The second kappa shape index (κ2) is 37.1. The fourth-order valence-corrected chi connectivity index (χ4v) is 30.8. The van der Waals surface area contributed by atoms with Gasteiger partial charge in [-0.3, -0.25) is 19.9 Å². The third kappa shape index (κ3) is 15.7. The molecule has 8 saturated carbocycles. The highest BCUT2D eigenvalue weighted by molar-refractivity contribution is 5.63. The molecule has 0 aromatic carbocycles. The van der Waals surface area contributed by atoms with Crippen molar-refractivity contribution in [2.45, 2.75) is 330 Å². The highest BCUT2D eigenvalue weighted by Crippen LogP contribution is 2.75. The molecular weight excluding hydrogens is 1720 g/mol. The van der Waals surface area contributed by atoms with E-state index in [1.165, 1.54) is 0 Å². The smallest absolute Gasteiger partial charge is 0.345 e. The van der Waals surface area contributed by atoms with E-state index < -0.39 is 104 Å². The fraction of sp³-hybridized carbons (Fsp3) is 0.646. The van der Waals surface area contributed by atoms with Crippen LogP contribution >= 0.6 is 0 Å². The van der Waals surface area contributed by atoms with Crippen molar-refractivity contribution < 1.29 is 72.4 Å². The summed E-state index contributed by atoms with van der Waals surface area (Å²) in [5.41, 5.74) is -2.68. The van der Waals surface area contributed by atoms with Gasteiger partial charge in [-0.1, -0.05) is 167 Å². The lowest BCUT2D eigenvalue weighted by Crippen LogP contribution is -2.69. The van der Waals surface area contributed by atoms with Crippen LogP contribution in [0.25, 0.3) is 45.3 Å². The van der Waals surface area contributed by atoms with Crippen molar-refractivity contribution in [2.24, 2.45) is 126 Å². The number of rotatable bonds is 8. The van der Waals surface area contributed by atoms with E-state index in [0.717, 1.165) is 77.0 Å². The minimum absolute atomic E-state index is 0. The minimum atomic E-state index is -1.08. The molecule has 4 aliphatic heterocycles. The Balaban J connectivity index is 0.000000152. The Hall–Kier alpha value is -8.68. The average molecular weight is 1880 g/mol. The van der Waals surface area contributed by atoms with Crippen molar-refractivity contribution >= 4 is 0 Å². The predicted octanol–water partition coefficient (Wildman–Crippen LogP) is 22.6. The van der Waals surface area contributed by atoms with Gasteiger partial charge in [0.25, 0.3) is 0 Å². The van der Waals surface area contributed by atoms with Gasteiger partial charge in [-0.25, -0.2) is 19.2 Å². The van der Waals surface area contributed by atoms with E-state index in [2.05, 4.69) is 145 Å². The Morgan fingerprint density at radius 2 is 0.559 bits per heavy atom. The molecule has 7 N–H and O–H groups in total. The fourth-order valence-electron chi connectivity index (χ4n) is 30.8. The number of nitrogens with zero attached hydrogens (tertiary/aromatic N) is 4. The molecule has 23 nitrogen and oxygen atoms in total. The summed E-state index contributed by atoms with van der Waals surface area (Å²) in [7, 11) is 0. The number of pyridine rings is 4. The van der Waals surface area contributed by atoms with Crippen LogP contribution < -0.4 is 41.4 Å². The van der Waals surface area contributed by atoms with Gasteiger partial charge in [-0.05, 0) is 250 Å². The van der Waals surface area contributed by atoms with E-state index >= 15 is 0 Å². The van der Waals surface area contributed by atoms with Gasteiger partial charge in [-0.2, -0.15) is 0 Å². The summed E-state index contributed by atoms with van der Waals surface area (Å²) in [4.78, 5) is 69.1. The van der Waals surface area contributed by atoms with E-state index in [0.29, 0.717) is 117 Å². The molecule has 8 aromatic heterocycles. The maximum absolute atomic E-state index is 13.2. The molecule has 0 amide bonds. The average Bonchev–Trinajstić information content (AvgIpc) is 0.699. The van der Waals surface area contributed by atoms with Gasteiger partial charge in [0.05, 0.1) is 43.2 Å². The van der Waals surface area contributed by atoms with Gasteiger partial charge in [0, 0.05) is 125 Å². The Morgan fingerprint density at radius 3 is 0.801 bits per heavy atom. The normalized spacial score (nSPS) is 40.7. The van der Waals surface area contributed by atoms with Crippen molar-refractivity contribution in [3.8, 4) is 68.3 Å². The van der Waals surface area contributed by atoms with Gasteiger partial charge in [0.15, 0.2) is 0 Å². The molecule has 0 spiro atoms. The first-order chi connectivity index (χ1) is 62.2. The second-order valence-electron chi connectivity index (χ2n) is 45.5. The van der Waals surface area contributed by atoms with Crippen LogP contribution in [0, 0.1) is 126 Å². The molecule has 20 rings (SSSR count). The van der Waals surface area contributed by atoms with Crippen LogP contribution in [0.5, 0.6) is 23.0 Å². The number of fused-ring (bicyclic) bond motifs is 16. The highest BCUT2D eigenvalue weighted by atomic mass is 16.5. The number of aromatic nitrogens is 4. The summed E-state index contributed by atoms with van der Waals surface area (Å²) in [6.45, 7) is 46.8. The van der Waals surface area contributed by atoms with Crippen molar-refractivity contribution in [3.63, 3.8) is 0 Å². The summed E-state index contributed by atoms with van der Waals surface area (Å²) >= 11 is 0. The second-order valence-corrected chi connectivity index (χ2v) is 45.5. The lowest BCUT2D eigenvalue weighted by atomic mass is 9.40. The first-order valence-electron chi connectivity index (χ1n) is 49.0.